The van der Waals surface area contributed by atoms with Crippen molar-refractivity contribution in [2.45, 2.75) is 0 Å². The largest absolute Gasteiger partial charge is 0.493 e. The van der Waals surface area contributed by atoms with E-state index >= 15 is 0 Å². The van der Waals surface area contributed by atoms with Gasteiger partial charge in [-0.05, 0) is 42.0 Å². The predicted molar refractivity (Wildman–Crippen MR) is 103 cm³/mol. The highest BCUT2D eigenvalue weighted by Gasteiger charge is 2.12. The monoisotopic (exact) mass is 388 g/mol. The standard InChI is InChI=1S/C19H17FN2O4S/c1-24-14-8-11(9-15(25-2)18(14)26-3)4-7-17(23)22-19-21-13-6-5-12(20)10-16(13)27-19/h4-10H,1-3H3,(H,21,22,23)/b7-4+. The number of rotatable bonds is 6. The lowest BCUT2D eigenvalue weighted by Crippen LogP contribution is -2.07. The lowest BCUT2D eigenvalue weighted by Gasteiger charge is -2.12. The van der Waals surface area contributed by atoms with Gasteiger partial charge in [0.05, 0.1) is 31.5 Å². The molecule has 0 spiro atoms. The number of anilines is 1. The summed E-state index contributed by atoms with van der Waals surface area (Å²) in [5.74, 6) is 0.758. The van der Waals surface area contributed by atoms with Gasteiger partial charge in [0.1, 0.15) is 5.82 Å². The predicted octanol–water partition coefficient (Wildman–Crippen LogP) is 4.11. The van der Waals surface area contributed by atoms with Crippen LogP contribution in [0.1, 0.15) is 5.56 Å². The highest BCUT2D eigenvalue weighted by molar-refractivity contribution is 7.22. The van der Waals surface area contributed by atoms with Crippen LogP contribution in [0.4, 0.5) is 9.52 Å². The number of thiazole rings is 1. The number of carbonyl (C=O) groups excluding carboxylic acids is 1. The summed E-state index contributed by atoms with van der Waals surface area (Å²) in [6.45, 7) is 0. The van der Waals surface area contributed by atoms with Crippen molar-refractivity contribution in [2.75, 3.05) is 26.6 Å². The first-order valence-corrected chi connectivity index (χ1v) is 8.71. The molecule has 0 atom stereocenters. The molecule has 0 fully saturated rings. The molecule has 0 aliphatic heterocycles. The van der Waals surface area contributed by atoms with E-state index in [-0.39, 0.29) is 11.7 Å². The van der Waals surface area contributed by atoms with Crippen molar-refractivity contribution in [1.82, 2.24) is 4.98 Å². The molecule has 1 amide bonds. The van der Waals surface area contributed by atoms with Gasteiger partial charge in [0, 0.05) is 6.08 Å². The lowest BCUT2D eigenvalue weighted by atomic mass is 10.1. The van der Waals surface area contributed by atoms with Crippen molar-refractivity contribution < 1.29 is 23.4 Å². The van der Waals surface area contributed by atoms with Gasteiger partial charge in [-0.15, -0.1) is 0 Å². The number of ether oxygens (including phenoxy) is 3. The number of benzene rings is 2. The average Bonchev–Trinajstić information content (AvgIpc) is 3.06. The summed E-state index contributed by atoms with van der Waals surface area (Å²) in [7, 11) is 4.56. The Morgan fingerprint density at radius 1 is 1.11 bits per heavy atom. The van der Waals surface area contributed by atoms with E-state index in [1.54, 1.807) is 24.3 Å². The Labute approximate surface area is 159 Å². The SMILES string of the molecule is COc1cc(/C=C/C(=O)Nc2nc3ccc(F)cc3s2)cc(OC)c1OC. The number of hydrogen-bond donors (Lipinski definition) is 1. The molecule has 3 aromatic rings. The molecular formula is C19H17FN2O4S. The molecule has 0 radical (unpaired) electrons. The van der Waals surface area contributed by atoms with Gasteiger partial charge < -0.3 is 14.2 Å². The van der Waals surface area contributed by atoms with Crippen LogP contribution in [0.2, 0.25) is 0 Å². The number of carbonyl (C=O) groups is 1. The van der Waals surface area contributed by atoms with E-state index in [0.29, 0.717) is 38.2 Å². The molecule has 0 bridgehead atoms. The van der Waals surface area contributed by atoms with Gasteiger partial charge >= 0.3 is 0 Å². The van der Waals surface area contributed by atoms with Crippen LogP contribution in [-0.2, 0) is 4.79 Å². The molecular weight excluding hydrogens is 371 g/mol. The number of hydrogen-bond acceptors (Lipinski definition) is 6. The minimum absolute atomic E-state index is 0.341. The van der Waals surface area contributed by atoms with Gasteiger partial charge in [0.25, 0.3) is 0 Å². The second-order valence-corrected chi connectivity index (χ2v) is 6.44. The van der Waals surface area contributed by atoms with E-state index in [1.807, 2.05) is 0 Å². The summed E-state index contributed by atoms with van der Waals surface area (Å²) in [6.07, 6.45) is 2.99. The molecule has 140 valence electrons. The fourth-order valence-electron chi connectivity index (χ4n) is 2.47. The summed E-state index contributed by atoms with van der Waals surface area (Å²) < 4.78 is 29.8. The zero-order valence-electron chi connectivity index (χ0n) is 14.9. The number of nitrogens with zero attached hydrogens (tertiary/aromatic N) is 1. The first-order valence-electron chi connectivity index (χ1n) is 7.89. The molecule has 1 heterocycles. The highest BCUT2D eigenvalue weighted by Crippen LogP contribution is 2.38. The minimum atomic E-state index is -0.358. The van der Waals surface area contributed by atoms with Gasteiger partial charge in [-0.1, -0.05) is 11.3 Å². The maximum absolute atomic E-state index is 13.2. The third-order valence-corrected chi connectivity index (χ3v) is 4.63. The van der Waals surface area contributed by atoms with Gasteiger partial charge in [0.2, 0.25) is 11.7 Å². The van der Waals surface area contributed by atoms with Crippen LogP contribution < -0.4 is 19.5 Å². The second-order valence-electron chi connectivity index (χ2n) is 5.41. The Bertz CT molecular complexity index is 991. The number of halogens is 1. The number of methoxy groups -OCH3 is 3. The summed E-state index contributed by atoms with van der Waals surface area (Å²) in [6, 6.07) is 7.74. The van der Waals surface area contributed by atoms with Crippen LogP contribution in [0.5, 0.6) is 17.2 Å². The Balaban J connectivity index is 1.77. The zero-order valence-corrected chi connectivity index (χ0v) is 15.7. The first kappa shape index (κ1) is 18.7. The van der Waals surface area contributed by atoms with E-state index in [4.69, 9.17) is 14.2 Å². The number of fused-ring (bicyclic) bond motifs is 1. The van der Waals surface area contributed by atoms with E-state index < -0.39 is 0 Å². The van der Waals surface area contributed by atoms with E-state index in [9.17, 15) is 9.18 Å². The molecule has 27 heavy (non-hydrogen) atoms. The summed E-state index contributed by atoms with van der Waals surface area (Å²) in [4.78, 5) is 16.4. The van der Waals surface area contributed by atoms with Crippen molar-refractivity contribution in [2.24, 2.45) is 0 Å². The van der Waals surface area contributed by atoms with Crippen LogP contribution in [0.15, 0.2) is 36.4 Å². The van der Waals surface area contributed by atoms with E-state index in [0.717, 1.165) is 0 Å². The van der Waals surface area contributed by atoms with Crippen molar-refractivity contribution in [1.29, 1.82) is 0 Å². The fraction of sp³-hybridized carbons (Fsp3) is 0.158. The van der Waals surface area contributed by atoms with Crippen molar-refractivity contribution in [3.8, 4) is 17.2 Å². The Morgan fingerprint density at radius 3 is 2.44 bits per heavy atom. The molecule has 8 heteroatoms. The van der Waals surface area contributed by atoms with Crippen molar-refractivity contribution in [3.05, 3.63) is 47.8 Å². The fourth-order valence-corrected chi connectivity index (χ4v) is 3.36. The number of amides is 1. The molecule has 0 saturated carbocycles. The zero-order chi connectivity index (χ0) is 19.4. The van der Waals surface area contributed by atoms with Crippen LogP contribution in [0, 0.1) is 5.82 Å². The molecule has 0 aliphatic rings. The quantitative estimate of drug-likeness (QED) is 0.644. The van der Waals surface area contributed by atoms with Gasteiger partial charge in [0.15, 0.2) is 16.6 Å². The molecule has 0 aliphatic carbocycles. The topological polar surface area (TPSA) is 69.7 Å². The third kappa shape index (κ3) is 4.17. The Hall–Kier alpha value is -3.13. The van der Waals surface area contributed by atoms with Crippen LogP contribution >= 0.6 is 11.3 Å². The second kappa shape index (κ2) is 8.05. The van der Waals surface area contributed by atoms with E-state index in [1.165, 1.54) is 50.9 Å². The van der Waals surface area contributed by atoms with Crippen LogP contribution in [0.3, 0.4) is 0 Å². The maximum Gasteiger partial charge on any atom is 0.250 e. The summed E-state index contributed by atoms with van der Waals surface area (Å²) in [5.41, 5.74) is 1.33. The summed E-state index contributed by atoms with van der Waals surface area (Å²) >= 11 is 1.21. The Kier molecular flexibility index (Phi) is 5.56. The van der Waals surface area contributed by atoms with Gasteiger partial charge in [-0.2, -0.15) is 0 Å². The van der Waals surface area contributed by atoms with Gasteiger partial charge in [-0.3, -0.25) is 10.1 Å². The van der Waals surface area contributed by atoms with E-state index in [2.05, 4.69) is 10.3 Å². The summed E-state index contributed by atoms with van der Waals surface area (Å²) in [5, 5.41) is 3.07. The minimum Gasteiger partial charge on any atom is -0.493 e. The van der Waals surface area contributed by atoms with Crippen molar-refractivity contribution in [3.63, 3.8) is 0 Å². The first-order chi connectivity index (χ1) is 13.0. The Morgan fingerprint density at radius 2 is 1.81 bits per heavy atom. The molecule has 1 N–H and O–H groups in total. The highest BCUT2D eigenvalue weighted by atomic mass is 32.1. The average molecular weight is 388 g/mol. The number of aromatic nitrogens is 1. The van der Waals surface area contributed by atoms with Crippen molar-refractivity contribution >= 4 is 38.7 Å². The normalized spacial score (nSPS) is 11.0. The smallest absolute Gasteiger partial charge is 0.250 e. The molecule has 0 unspecified atom stereocenters. The van der Waals surface area contributed by atoms with Crippen LogP contribution in [-0.4, -0.2) is 32.2 Å². The molecule has 0 saturated heterocycles. The molecule has 1 aromatic heterocycles. The number of nitrogens with one attached hydrogen (secondary N) is 1. The molecule has 6 nitrogen and oxygen atoms in total. The lowest BCUT2D eigenvalue weighted by molar-refractivity contribution is -0.111. The maximum atomic E-state index is 13.2. The molecule has 3 rings (SSSR count). The third-order valence-electron chi connectivity index (χ3n) is 3.69. The van der Waals surface area contributed by atoms with Gasteiger partial charge in [-0.25, -0.2) is 9.37 Å². The molecule has 2 aromatic carbocycles. The van der Waals surface area contributed by atoms with Crippen LogP contribution in [0.25, 0.3) is 16.3 Å².